The standard InChI is InChI=1S/C16H25NO2S/c1-4-7-17-12(2)10-13(3)20-14-5-6-15-16(11-14)19-9-8-18-15/h5-6,11-13,17H,4,7-10H2,1-3H3. The van der Waals surface area contributed by atoms with Gasteiger partial charge in [-0.2, -0.15) is 0 Å². The first-order valence-corrected chi connectivity index (χ1v) is 8.36. The maximum atomic E-state index is 5.63. The first-order chi connectivity index (χ1) is 9.69. The SMILES string of the molecule is CCCNC(C)CC(C)Sc1ccc2c(c1)OCCO2. The second-order valence-corrected chi connectivity index (χ2v) is 6.84. The van der Waals surface area contributed by atoms with Gasteiger partial charge in [-0.05, 0) is 44.5 Å². The van der Waals surface area contributed by atoms with E-state index in [0.717, 1.165) is 18.0 Å². The second kappa shape index (κ2) is 7.79. The molecule has 1 heterocycles. The van der Waals surface area contributed by atoms with Crippen LogP contribution in [0.3, 0.4) is 0 Å². The molecule has 1 N–H and O–H groups in total. The highest BCUT2D eigenvalue weighted by Crippen LogP contribution is 2.36. The normalized spacial score (nSPS) is 16.8. The summed E-state index contributed by atoms with van der Waals surface area (Å²) in [5, 5.41) is 4.12. The minimum atomic E-state index is 0.565. The zero-order valence-corrected chi connectivity index (χ0v) is 13.5. The van der Waals surface area contributed by atoms with Gasteiger partial charge in [-0.15, -0.1) is 11.8 Å². The van der Waals surface area contributed by atoms with Crippen LogP contribution in [0.2, 0.25) is 0 Å². The summed E-state index contributed by atoms with van der Waals surface area (Å²) in [6.07, 6.45) is 2.35. The molecule has 2 atom stereocenters. The van der Waals surface area contributed by atoms with E-state index in [4.69, 9.17) is 9.47 Å². The van der Waals surface area contributed by atoms with Crippen molar-refractivity contribution in [3.63, 3.8) is 0 Å². The summed E-state index contributed by atoms with van der Waals surface area (Å²) >= 11 is 1.90. The summed E-state index contributed by atoms with van der Waals surface area (Å²) in [5.41, 5.74) is 0. The van der Waals surface area contributed by atoms with Crippen molar-refractivity contribution < 1.29 is 9.47 Å². The Balaban J connectivity index is 1.86. The number of thioether (sulfide) groups is 1. The molecule has 0 amide bonds. The summed E-state index contributed by atoms with van der Waals surface area (Å²) in [7, 11) is 0. The van der Waals surface area contributed by atoms with E-state index in [1.165, 1.54) is 17.7 Å². The maximum Gasteiger partial charge on any atom is 0.162 e. The summed E-state index contributed by atoms with van der Waals surface area (Å²) in [6, 6.07) is 6.80. The molecule has 0 saturated carbocycles. The molecule has 0 bridgehead atoms. The van der Waals surface area contributed by atoms with Crippen LogP contribution in [0.25, 0.3) is 0 Å². The monoisotopic (exact) mass is 295 g/mol. The van der Waals surface area contributed by atoms with E-state index in [1.54, 1.807) is 0 Å². The molecule has 0 aliphatic carbocycles. The second-order valence-electron chi connectivity index (χ2n) is 5.32. The van der Waals surface area contributed by atoms with Crippen LogP contribution in [-0.2, 0) is 0 Å². The Morgan fingerprint density at radius 3 is 2.70 bits per heavy atom. The third kappa shape index (κ3) is 4.60. The molecule has 0 spiro atoms. The van der Waals surface area contributed by atoms with Crippen molar-refractivity contribution in [1.82, 2.24) is 5.32 Å². The zero-order chi connectivity index (χ0) is 14.4. The Morgan fingerprint density at radius 2 is 1.95 bits per heavy atom. The van der Waals surface area contributed by atoms with E-state index >= 15 is 0 Å². The Kier molecular flexibility index (Phi) is 6.05. The third-order valence-corrected chi connectivity index (χ3v) is 4.40. The van der Waals surface area contributed by atoms with E-state index in [2.05, 4.69) is 38.2 Å². The lowest BCUT2D eigenvalue weighted by Gasteiger charge is -2.21. The van der Waals surface area contributed by atoms with Crippen molar-refractivity contribution in [3.05, 3.63) is 18.2 Å². The molecule has 1 aliphatic rings. The lowest BCUT2D eigenvalue weighted by atomic mass is 10.2. The van der Waals surface area contributed by atoms with Crippen LogP contribution in [0.15, 0.2) is 23.1 Å². The van der Waals surface area contributed by atoms with Gasteiger partial charge in [-0.3, -0.25) is 0 Å². The number of ether oxygens (including phenoxy) is 2. The molecule has 0 radical (unpaired) electrons. The zero-order valence-electron chi connectivity index (χ0n) is 12.6. The van der Waals surface area contributed by atoms with Gasteiger partial charge in [0.05, 0.1) is 0 Å². The van der Waals surface area contributed by atoms with Gasteiger partial charge < -0.3 is 14.8 Å². The van der Waals surface area contributed by atoms with Crippen LogP contribution in [0.1, 0.15) is 33.6 Å². The van der Waals surface area contributed by atoms with E-state index in [9.17, 15) is 0 Å². The number of benzene rings is 1. The number of hydrogen-bond acceptors (Lipinski definition) is 4. The fourth-order valence-corrected chi connectivity index (χ4v) is 3.52. The van der Waals surface area contributed by atoms with Crippen LogP contribution >= 0.6 is 11.8 Å². The molecule has 4 heteroatoms. The summed E-state index contributed by atoms with van der Waals surface area (Å²) in [4.78, 5) is 1.25. The van der Waals surface area contributed by atoms with Gasteiger partial charge in [-0.25, -0.2) is 0 Å². The van der Waals surface area contributed by atoms with Gasteiger partial charge in [0.2, 0.25) is 0 Å². The smallest absolute Gasteiger partial charge is 0.162 e. The van der Waals surface area contributed by atoms with Crippen molar-refractivity contribution in [2.45, 2.75) is 49.8 Å². The molecule has 1 aromatic carbocycles. The van der Waals surface area contributed by atoms with Gasteiger partial charge in [0.1, 0.15) is 13.2 Å². The first-order valence-electron chi connectivity index (χ1n) is 7.48. The Hall–Kier alpha value is -0.870. The highest BCUT2D eigenvalue weighted by molar-refractivity contribution is 7.99. The number of fused-ring (bicyclic) bond motifs is 1. The Morgan fingerprint density at radius 1 is 1.20 bits per heavy atom. The van der Waals surface area contributed by atoms with Crippen molar-refractivity contribution in [2.75, 3.05) is 19.8 Å². The molecule has 20 heavy (non-hydrogen) atoms. The Bertz CT molecular complexity index is 425. The number of rotatable bonds is 7. The molecular formula is C16H25NO2S. The first kappa shape index (κ1) is 15.5. The van der Waals surface area contributed by atoms with E-state index in [1.807, 2.05) is 17.8 Å². The molecule has 1 aromatic rings. The lowest BCUT2D eigenvalue weighted by molar-refractivity contribution is 0.171. The van der Waals surface area contributed by atoms with Crippen molar-refractivity contribution >= 4 is 11.8 Å². The molecule has 0 saturated heterocycles. The lowest BCUT2D eigenvalue weighted by Crippen LogP contribution is -2.29. The van der Waals surface area contributed by atoms with Crippen molar-refractivity contribution in [3.8, 4) is 11.5 Å². The van der Waals surface area contributed by atoms with Crippen LogP contribution in [-0.4, -0.2) is 31.1 Å². The summed E-state index contributed by atoms with van der Waals surface area (Å²) in [5.74, 6) is 1.75. The van der Waals surface area contributed by atoms with Crippen LogP contribution in [0, 0.1) is 0 Å². The topological polar surface area (TPSA) is 30.5 Å². The minimum absolute atomic E-state index is 0.565. The molecule has 1 aliphatic heterocycles. The van der Waals surface area contributed by atoms with Crippen LogP contribution < -0.4 is 14.8 Å². The fourth-order valence-electron chi connectivity index (χ4n) is 2.35. The van der Waals surface area contributed by atoms with Gasteiger partial charge >= 0.3 is 0 Å². The van der Waals surface area contributed by atoms with Crippen LogP contribution in [0.5, 0.6) is 11.5 Å². The van der Waals surface area contributed by atoms with Crippen molar-refractivity contribution in [2.24, 2.45) is 0 Å². The maximum absolute atomic E-state index is 5.63. The fraction of sp³-hybridized carbons (Fsp3) is 0.625. The van der Waals surface area contributed by atoms with Gasteiger partial charge in [0.15, 0.2) is 11.5 Å². The molecular weight excluding hydrogens is 270 g/mol. The highest BCUT2D eigenvalue weighted by Gasteiger charge is 2.14. The molecule has 0 aromatic heterocycles. The van der Waals surface area contributed by atoms with Gasteiger partial charge in [0.25, 0.3) is 0 Å². The highest BCUT2D eigenvalue weighted by atomic mass is 32.2. The third-order valence-electron chi connectivity index (χ3n) is 3.28. The minimum Gasteiger partial charge on any atom is -0.486 e. The van der Waals surface area contributed by atoms with E-state index in [0.29, 0.717) is 24.5 Å². The predicted octanol–water partition coefficient (Wildman–Crippen LogP) is 3.72. The molecule has 2 rings (SSSR count). The average Bonchev–Trinajstić information content (AvgIpc) is 2.44. The largest absolute Gasteiger partial charge is 0.486 e. The van der Waals surface area contributed by atoms with Crippen LogP contribution in [0.4, 0.5) is 0 Å². The van der Waals surface area contributed by atoms with Gasteiger partial charge in [-0.1, -0.05) is 13.8 Å². The number of nitrogens with one attached hydrogen (secondary N) is 1. The predicted molar refractivity (Wildman–Crippen MR) is 85.1 cm³/mol. The summed E-state index contributed by atoms with van der Waals surface area (Å²) in [6.45, 7) is 9.14. The number of hydrogen-bond donors (Lipinski definition) is 1. The molecule has 2 unspecified atom stereocenters. The quantitative estimate of drug-likeness (QED) is 0.777. The summed E-state index contributed by atoms with van der Waals surface area (Å²) < 4.78 is 11.2. The van der Waals surface area contributed by atoms with Gasteiger partial charge in [0, 0.05) is 16.2 Å². The average molecular weight is 295 g/mol. The molecule has 3 nitrogen and oxygen atoms in total. The van der Waals surface area contributed by atoms with E-state index in [-0.39, 0.29) is 0 Å². The Labute approximate surface area is 126 Å². The van der Waals surface area contributed by atoms with Crippen molar-refractivity contribution in [1.29, 1.82) is 0 Å². The molecule has 0 fully saturated rings. The van der Waals surface area contributed by atoms with E-state index < -0.39 is 0 Å². The molecule has 112 valence electrons.